The van der Waals surface area contributed by atoms with Crippen molar-refractivity contribution in [1.82, 2.24) is 0 Å². The minimum Gasteiger partial charge on any atom is -0.482 e. The number of unbranched alkanes of at least 4 members (excludes halogenated alkanes) is 2. The van der Waals surface area contributed by atoms with E-state index in [4.69, 9.17) is 14.6 Å². The summed E-state index contributed by atoms with van der Waals surface area (Å²) < 4.78 is 11.6. The first-order chi connectivity index (χ1) is 15.5. The van der Waals surface area contributed by atoms with Crippen molar-refractivity contribution in [2.75, 3.05) is 13.2 Å². The normalized spacial score (nSPS) is 21.8. The third kappa shape index (κ3) is 9.11. The minimum atomic E-state index is -0.956. The summed E-state index contributed by atoms with van der Waals surface area (Å²) in [4.78, 5) is 10.8. The molecule has 0 aromatic heterocycles. The molecule has 1 aromatic carbocycles. The minimum absolute atomic E-state index is 0.215. The fourth-order valence-corrected chi connectivity index (χ4v) is 4.56. The molecule has 0 radical (unpaired) electrons. The maximum absolute atomic E-state index is 10.8. The van der Waals surface area contributed by atoms with Gasteiger partial charge in [-0.2, -0.15) is 0 Å². The van der Waals surface area contributed by atoms with Crippen LogP contribution in [0.2, 0.25) is 0 Å². The molecule has 1 aliphatic carbocycles. The number of aliphatic carboxylic acids is 1. The second-order valence-electron chi connectivity index (χ2n) is 8.71. The number of ether oxygens (including phenoxy) is 2. The number of hydrogen-bond acceptors (Lipinski definition) is 4. The molecule has 5 nitrogen and oxygen atoms in total. The molecule has 1 aliphatic heterocycles. The van der Waals surface area contributed by atoms with Crippen LogP contribution in [0.5, 0.6) is 5.75 Å². The molecule has 0 amide bonds. The lowest BCUT2D eigenvalue weighted by molar-refractivity contribution is -0.139. The second kappa shape index (κ2) is 16.1. The van der Waals surface area contributed by atoms with E-state index < -0.39 is 5.97 Å². The molecule has 1 fully saturated rings. The van der Waals surface area contributed by atoms with Crippen LogP contribution in [-0.2, 0) is 22.4 Å². The Balaban J connectivity index is 0.000000944. The van der Waals surface area contributed by atoms with Crippen LogP contribution in [0, 0.1) is 11.8 Å². The van der Waals surface area contributed by atoms with Gasteiger partial charge in [-0.05, 0) is 61.1 Å². The second-order valence-corrected chi connectivity index (χ2v) is 8.71. The lowest BCUT2D eigenvalue weighted by Crippen LogP contribution is -2.29. The smallest absolute Gasteiger partial charge is 0.341 e. The van der Waals surface area contributed by atoms with Crippen LogP contribution in [-0.4, -0.2) is 41.6 Å². The Morgan fingerprint density at radius 1 is 1.16 bits per heavy atom. The zero-order chi connectivity index (χ0) is 23.9. The summed E-state index contributed by atoms with van der Waals surface area (Å²) in [6.45, 7) is 10.9. The summed E-state index contributed by atoms with van der Waals surface area (Å²) in [6, 6.07) is 5.93. The van der Waals surface area contributed by atoms with E-state index in [1.54, 1.807) is 0 Å². The van der Waals surface area contributed by atoms with Gasteiger partial charge in [0.1, 0.15) is 5.75 Å². The van der Waals surface area contributed by atoms with E-state index in [0.717, 1.165) is 50.7 Å². The van der Waals surface area contributed by atoms with Crippen molar-refractivity contribution in [1.29, 1.82) is 0 Å². The number of carboxylic acid groups (broad SMARTS) is 1. The fraction of sp³-hybridized carbons (Fsp3) is 0.741. The van der Waals surface area contributed by atoms with Crippen molar-refractivity contribution >= 4 is 5.97 Å². The predicted molar refractivity (Wildman–Crippen MR) is 130 cm³/mol. The van der Waals surface area contributed by atoms with Gasteiger partial charge in [0.15, 0.2) is 6.61 Å². The molecule has 1 saturated heterocycles. The van der Waals surface area contributed by atoms with Crippen LogP contribution in [0.25, 0.3) is 0 Å². The van der Waals surface area contributed by atoms with Crippen molar-refractivity contribution in [3.8, 4) is 5.75 Å². The number of aliphatic hydroxyl groups excluding tert-OH is 1. The Hall–Kier alpha value is -1.59. The first-order valence-electron chi connectivity index (χ1n) is 12.7. The summed E-state index contributed by atoms with van der Waals surface area (Å²) in [5.74, 6) is 0.676. The Morgan fingerprint density at radius 3 is 2.53 bits per heavy atom. The van der Waals surface area contributed by atoms with Crippen LogP contribution in [0.1, 0.15) is 90.7 Å². The van der Waals surface area contributed by atoms with Crippen LogP contribution in [0.3, 0.4) is 0 Å². The molecule has 0 bridgehead atoms. The van der Waals surface area contributed by atoms with E-state index in [0.29, 0.717) is 17.6 Å². The highest BCUT2D eigenvalue weighted by atomic mass is 16.5. The molecule has 1 heterocycles. The van der Waals surface area contributed by atoms with Gasteiger partial charge >= 0.3 is 5.97 Å². The number of fused-ring (bicyclic) bond motifs is 2. The van der Waals surface area contributed by atoms with Crippen LogP contribution >= 0.6 is 0 Å². The standard InChI is InChI=1S/C22H32O5.C3H8.C2H6/c1-2-3-4-7-17(23)9-10-21-19-11-15-6-5-8-20(27-14-22(24)25)18(15)12-16(19)13-26-21;1-3-2;1-2/h5-6,8,16-17,19,21,23H,2-4,7,9-14H2,1H3,(H,24,25);3H2,1-2H3;1-2H3. The van der Waals surface area contributed by atoms with E-state index in [9.17, 15) is 9.90 Å². The fourth-order valence-electron chi connectivity index (χ4n) is 4.56. The van der Waals surface area contributed by atoms with Crippen molar-refractivity contribution < 1.29 is 24.5 Å². The molecule has 4 atom stereocenters. The average molecular weight is 451 g/mol. The summed E-state index contributed by atoms with van der Waals surface area (Å²) in [5, 5.41) is 19.1. The monoisotopic (exact) mass is 450 g/mol. The predicted octanol–water partition coefficient (Wildman–Crippen LogP) is 6.04. The molecule has 0 saturated carbocycles. The highest BCUT2D eigenvalue weighted by molar-refractivity contribution is 5.68. The Morgan fingerprint density at radius 2 is 1.88 bits per heavy atom. The van der Waals surface area contributed by atoms with E-state index in [1.165, 1.54) is 24.8 Å². The maximum Gasteiger partial charge on any atom is 0.341 e. The summed E-state index contributed by atoms with van der Waals surface area (Å²) in [6.07, 6.45) is 9.16. The molecule has 2 N–H and O–H groups in total. The number of carboxylic acids is 1. The van der Waals surface area contributed by atoms with E-state index in [1.807, 2.05) is 26.0 Å². The molecule has 4 unspecified atom stereocenters. The van der Waals surface area contributed by atoms with Crippen molar-refractivity contribution in [3.05, 3.63) is 29.3 Å². The van der Waals surface area contributed by atoms with Gasteiger partial charge in [-0.25, -0.2) is 4.79 Å². The van der Waals surface area contributed by atoms with Gasteiger partial charge < -0.3 is 19.7 Å². The van der Waals surface area contributed by atoms with Gasteiger partial charge in [-0.3, -0.25) is 0 Å². The molecule has 2 aliphatic rings. The Bertz CT molecular complexity index is 645. The summed E-state index contributed by atoms with van der Waals surface area (Å²) in [5.41, 5.74) is 2.39. The lowest BCUT2D eigenvalue weighted by Gasteiger charge is -2.30. The Kier molecular flexibility index (Phi) is 14.3. The van der Waals surface area contributed by atoms with E-state index in [2.05, 4.69) is 26.8 Å². The maximum atomic E-state index is 10.8. The molecular formula is C27H46O5. The van der Waals surface area contributed by atoms with E-state index >= 15 is 0 Å². The summed E-state index contributed by atoms with van der Waals surface area (Å²) >= 11 is 0. The molecule has 5 heteroatoms. The Labute approximate surface area is 195 Å². The van der Waals surface area contributed by atoms with Crippen LogP contribution in [0.15, 0.2) is 18.2 Å². The molecule has 184 valence electrons. The van der Waals surface area contributed by atoms with Gasteiger partial charge in [-0.15, -0.1) is 0 Å². The number of aliphatic hydroxyl groups is 1. The van der Waals surface area contributed by atoms with Gasteiger partial charge in [0.25, 0.3) is 0 Å². The average Bonchev–Trinajstić information content (AvgIpc) is 3.18. The highest BCUT2D eigenvalue weighted by Crippen LogP contribution is 2.42. The SMILES string of the molecule is CC.CCC.CCCCCC(O)CCC1OCC2Cc3c(cccc3OCC(=O)O)CC21. The van der Waals surface area contributed by atoms with Crippen molar-refractivity contribution in [2.45, 2.75) is 105 Å². The third-order valence-electron chi connectivity index (χ3n) is 6.04. The number of benzene rings is 1. The highest BCUT2D eigenvalue weighted by Gasteiger charge is 2.41. The van der Waals surface area contributed by atoms with Gasteiger partial charge in [0.05, 0.1) is 18.8 Å². The van der Waals surface area contributed by atoms with Crippen molar-refractivity contribution in [2.24, 2.45) is 11.8 Å². The molecule has 3 rings (SSSR count). The first-order valence-corrected chi connectivity index (χ1v) is 12.7. The number of hydrogen-bond donors (Lipinski definition) is 2. The molecular weight excluding hydrogens is 404 g/mol. The molecule has 1 aromatic rings. The van der Waals surface area contributed by atoms with Gasteiger partial charge in [0, 0.05) is 0 Å². The quantitative estimate of drug-likeness (QED) is 0.425. The molecule has 0 spiro atoms. The zero-order valence-electron chi connectivity index (χ0n) is 20.9. The number of carbonyl (C=O) groups is 1. The third-order valence-corrected chi connectivity index (χ3v) is 6.04. The van der Waals surface area contributed by atoms with Gasteiger partial charge in [0.2, 0.25) is 0 Å². The van der Waals surface area contributed by atoms with Crippen LogP contribution in [0.4, 0.5) is 0 Å². The molecule has 32 heavy (non-hydrogen) atoms. The lowest BCUT2D eigenvalue weighted by atomic mass is 9.74. The summed E-state index contributed by atoms with van der Waals surface area (Å²) in [7, 11) is 0. The first kappa shape index (κ1) is 28.4. The van der Waals surface area contributed by atoms with Crippen molar-refractivity contribution in [3.63, 3.8) is 0 Å². The zero-order valence-corrected chi connectivity index (χ0v) is 20.9. The van der Waals surface area contributed by atoms with E-state index in [-0.39, 0.29) is 18.8 Å². The largest absolute Gasteiger partial charge is 0.482 e. The van der Waals surface area contributed by atoms with Crippen LogP contribution < -0.4 is 4.74 Å². The number of rotatable bonds is 10. The topological polar surface area (TPSA) is 76.0 Å². The van der Waals surface area contributed by atoms with Gasteiger partial charge in [-0.1, -0.05) is 72.4 Å².